The molecule has 0 amide bonds. The van der Waals surface area contributed by atoms with Crippen molar-refractivity contribution in [3.63, 3.8) is 0 Å². The maximum absolute atomic E-state index is 11.5. The first kappa shape index (κ1) is 13.3. The Morgan fingerprint density at radius 3 is 2.56 bits per heavy atom. The van der Waals surface area contributed by atoms with Crippen LogP contribution in [0.25, 0.3) is 10.8 Å². The smallest absolute Gasteiger partial charge is 0.326 e. The monoisotopic (exact) mass is 287 g/mol. The number of fused-ring (bicyclic) bond motifs is 1. The fourth-order valence-corrected chi connectivity index (χ4v) is 3.13. The zero-order valence-electron chi connectivity index (χ0n) is 9.11. The molecule has 0 aliphatic heterocycles. The number of rotatable bonds is 4. The van der Waals surface area contributed by atoms with Gasteiger partial charge in [-0.05, 0) is 11.5 Å². The lowest BCUT2D eigenvalue weighted by Crippen LogP contribution is -1.97. The van der Waals surface area contributed by atoms with Crippen molar-refractivity contribution in [1.29, 1.82) is 0 Å². The first-order valence-electron chi connectivity index (χ1n) is 4.99. The Kier molecular flexibility index (Phi) is 3.85. The molecule has 18 heavy (non-hydrogen) atoms. The van der Waals surface area contributed by atoms with E-state index in [0.29, 0.717) is 5.69 Å². The zero-order valence-corrected chi connectivity index (χ0v) is 11.0. The van der Waals surface area contributed by atoms with E-state index in [0.717, 1.165) is 10.8 Å². The highest BCUT2D eigenvalue weighted by Gasteiger charge is 2.22. The van der Waals surface area contributed by atoms with Gasteiger partial charge < -0.3 is 9.79 Å². The molecule has 2 unspecified atom stereocenters. The van der Waals surface area contributed by atoms with E-state index in [1.807, 2.05) is 18.2 Å². The van der Waals surface area contributed by atoms with Crippen LogP contribution in [0.5, 0.6) is 0 Å². The summed E-state index contributed by atoms with van der Waals surface area (Å²) >= 11 is 0. The van der Waals surface area contributed by atoms with Crippen LogP contribution >= 0.6 is 16.0 Å². The number of hydrogen-bond acceptors (Lipinski definition) is 3. The van der Waals surface area contributed by atoms with Crippen molar-refractivity contribution in [2.75, 3.05) is 5.09 Å². The van der Waals surface area contributed by atoms with Crippen LogP contribution in [0.15, 0.2) is 42.5 Å². The molecule has 0 saturated carbocycles. The normalized spacial score (nSPS) is 16.1. The largest absolute Gasteiger partial charge is 0.437 e. The lowest BCUT2D eigenvalue weighted by atomic mass is 10.1. The van der Waals surface area contributed by atoms with Crippen molar-refractivity contribution >= 4 is 32.5 Å². The van der Waals surface area contributed by atoms with Gasteiger partial charge in [-0.3, -0.25) is 9.65 Å². The molecule has 0 aliphatic carbocycles. The number of hydrogen-bond donors (Lipinski definition) is 3. The van der Waals surface area contributed by atoms with Crippen LogP contribution in [-0.4, -0.2) is 9.79 Å². The lowest BCUT2D eigenvalue weighted by Gasteiger charge is -2.14. The summed E-state index contributed by atoms with van der Waals surface area (Å²) in [5.41, 5.74) is 0.363. The summed E-state index contributed by atoms with van der Waals surface area (Å²) in [4.78, 5) is 17.9. The molecule has 0 saturated heterocycles. The molecule has 96 valence electrons. The van der Waals surface area contributed by atoms with E-state index >= 15 is 0 Å². The summed E-state index contributed by atoms with van der Waals surface area (Å²) in [5, 5.41) is 3.84. The highest BCUT2D eigenvalue weighted by atomic mass is 31.2. The van der Waals surface area contributed by atoms with Crippen LogP contribution < -0.4 is 5.09 Å². The predicted molar refractivity (Wildman–Crippen MR) is 69.7 cm³/mol. The number of nitrogens with one attached hydrogen (secondary N) is 1. The quantitative estimate of drug-likeness (QED) is 0.748. The van der Waals surface area contributed by atoms with Crippen LogP contribution in [0.1, 0.15) is 0 Å². The van der Waals surface area contributed by atoms with E-state index in [1.165, 1.54) is 0 Å². The molecule has 2 aromatic rings. The van der Waals surface area contributed by atoms with Gasteiger partial charge in [-0.1, -0.05) is 36.4 Å². The lowest BCUT2D eigenvalue weighted by molar-refractivity contribution is 0.355. The van der Waals surface area contributed by atoms with Gasteiger partial charge in [0, 0.05) is 5.39 Å². The third-order valence-electron chi connectivity index (χ3n) is 2.25. The standard InChI is InChI=1S/C10H11NO5P2/c12-17(13)16-18(14,15)11-10-7-3-5-8-4-1-2-6-9(8)10/h1-7,17H,(H,12,13)(H2,11,14,15). The predicted octanol–water partition coefficient (Wildman–Crippen LogP) is 2.75. The van der Waals surface area contributed by atoms with Crippen molar-refractivity contribution in [2.24, 2.45) is 0 Å². The van der Waals surface area contributed by atoms with Gasteiger partial charge in [-0.25, -0.2) is 8.88 Å². The molecule has 0 aromatic heterocycles. The van der Waals surface area contributed by atoms with Crippen molar-refractivity contribution in [3.8, 4) is 0 Å². The Morgan fingerprint density at radius 1 is 1.17 bits per heavy atom. The van der Waals surface area contributed by atoms with E-state index < -0.39 is 16.0 Å². The second kappa shape index (κ2) is 5.22. The van der Waals surface area contributed by atoms with Gasteiger partial charge in [-0.15, -0.1) is 0 Å². The molecular formula is C10H11NO5P2. The molecule has 8 heteroatoms. The minimum absolute atomic E-state index is 0.363. The fraction of sp³-hybridized carbons (Fsp3) is 0. The van der Waals surface area contributed by atoms with Gasteiger partial charge in [0.2, 0.25) is 0 Å². The van der Waals surface area contributed by atoms with E-state index in [9.17, 15) is 14.0 Å². The molecule has 0 bridgehead atoms. The Labute approximate surface area is 104 Å². The van der Waals surface area contributed by atoms with Crippen LogP contribution in [0.4, 0.5) is 5.69 Å². The van der Waals surface area contributed by atoms with Gasteiger partial charge in [0.15, 0.2) is 0 Å². The van der Waals surface area contributed by atoms with Gasteiger partial charge in [0.25, 0.3) is 0 Å². The summed E-state index contributed by atoms with van der Waals surface area (Å²) in [6.45, 7) is 0. The first-order chi connectivity index (χ1) is 8.48. The van der Waals surface area contributed by atoms with Crippen molar-refractivity contribution in [1.82, 2.24) is 0 Å². The molecule has 2 atom stereocenters. The number of anilines is 1. The minimum Gasteiger partial charge on any atom is -0.326 e. The fourth-order valence-electron chi connectivity index (χ4n) is 1.60. The van der Waals surface area contributed by atoms with Gasteiger partial charge >= 0.3 is 16.0 Å². The van der Waals surface area contributed by atoms with E-state index in [-0.39, 0.29) is 0 Å². The molecule has 2 aromatic carbocycles. The van der Waals surface area contributed by atoms with Crippen LogP contribution in [0, 0.1) is 0 Å². The maximum atomic E-state index is 11.5. The number of benzene rings is 2. The molecule has 0 fully saturated rings. The van der Waals surface area contributed by atoms with E-state index in [1.54, 1.807) is 24.3 Å². The SMILES string of the molecule is O=[PH](O)OP(=O)(O)Nc1cccc2ccccc12. The van der Waals surface area contributed by atoms with Gasteiger partial charge in [-0.2, -0.15) is 0 Å². The van der Waals surface area contributed by atoms with Gasteiger partial charge in [0.1, 0.15) is 0 Å². The zero-order chi connectivity index (χ0) is 13.2. The first-order valence-corrected chi connectivity index (χ1v) is 7.83. The van der Waals surface area contributed by atoms with E-state index in [2.05, 4.69) is 9.40 Å². The minimum atomic E-state index is -4.34. The molecule has 0 radical (unpaired) electrons. The third-order valence-corrected chi connectivity index (χ3v) is 4.39. The summed E-state index contributed by atoms with van der Waals surface area (Å²) < 4.78 is 26.1. The van der Waals surface area contributed by atoms with Crippen LogP contribution in [0.3, 0.4) is 0 Å². The Balaban J connectivity index is 2.38. The molecular weight excluding hydrogens is 276 g/mol. The Hall–Kier alpha value is -1.16. The van der Waals surface area contributed by atoms with Gasteiger partial charge in [0.05, 0.1) is 5.69 Å². The average molecular weight is 287 g/mol. The van der Waals surface area contributed by atoms with E-state index in [4.69, 9.17) is 4.89 Å². The molecule has 3 N–H and O–H groups in total. The summed E-state index contributed by atoms with van der Waals surface area (Å²) in [7, 11) is -7.83. The van der Waals surface area contributed by atoms with Crippen LogP contribution in [0.2, 0.25) is 0 Å². The molecule has 2 rings (SSSR count). The summed E-state index contributed by atoms with van der Waals surface area (Å²) in [6.07, 6.45) is 0. The van der Waals surface area contributed by atoms with Crippen molar-refractivity contribution in [2.45, 2.75) is 0 Å². The summed E-state index contributed by atoms with van der Waals surface area (Å²) in [5.74, 6) is 0. The topological polar surface area (TPSA) is 95.9 Å². The van der Waals surface area contributed by atoms with Crippen LogP contribution in [-0.2, 0) is 13.4 Å². The Morgan fingerprint density at radius 2 is 1.83 bits per heavy atom. The second-order valence-electron chi connectivity index (χ2n) is 3.52. The Bertz CT molecular complexity index is 640. The molecule has 0 spiro atoms. The highest BCUT2D eigenvalue weighted by Crippen LogP contribution is 2.50. The summed E-state index contributed by atoms with van der Waals surface area (Å²) in [6, 6.07) is 12.4. The maximum Gasteiger partial charge on any atom is 0.437 e. The molecule has 6 nitrogen and oxygen atoms in total. The molecule has 0 aliphatic rings. The molecule has 0 heterocycles. The average Bonchev–Trinajstić information content (AvgIpc) is 2.27. The van der Waals surface area contributed by atoms with Crippen molar-refractivity contribution in [3.05, 3.63) is 42.5 Å². The second-order valence-corrected chi connectivity index (χ2v) is 6.04. The third kappa shape index (κ3) is 3.19. The van der Waals surface area contributed by atoms with Crippen molar-refractivity contribution < 1.29 is 23.2 Å². The highest BCUT2D eigenvalue weighted by molar-refractivity contribution is 7.60.